The Hall–Kier alpha value is -2.45. The maximum absolute atomic E-state index is 12.5. The number of carbonyl (C=O) groups is 2. The number of sulfonamides is 1. The number of benzene rings is 2. The van der Waals surface area contributed by atoms with Gasteiger partial charge < -0.3 is 10.0 Å². The van der Waals surface area contributed by atoms with E-state index in [1.807, 2.05) is 24.3 Å². The molecule has 1 aliphatic heterocycles. The lowest BCUT2D eigenvalue weighted by molar-refractivity contribution is -0.139. The highest BCUT2D eigenvalue weighted by molar-refractivity contribution is 7.89. The summed E-state index contributed by atoms with van der Waals surface area (Å²) < 4.78 is 27.4. The Morgan fingerprint density at radius 1 is 1.15 bits per heavy atom. The fraction of sp³-hybridized carbons (Fsp3) is 0.368. The first-order valence-electron chi connectivity index (χ1n) is 8.86. The predicted molar refractivity (Wildman–Crippen MR) is 101 cm³/mol. The molecule has 1 fully saturated rings. The van der Waals surface area contributed by atoms with Gasteiger partial charge in [-0.3, -0.25) is 9.59 Å². The zero-order chi connectivity index (χ0) is 19.4. The molecule has 1 aliphatic rings. The quantitative estimate of drug-likeness (QED) is 0.752. The number of carbonyl (C=O) groups excluding carboxylic acids is 1. The van der Waals surface area contributed by atoms with Crippen molar-refractivity contribution < 1.29 is 23.1 Å². The van der Waals surface area contributed by atoms with Crippen LogP contribution in [0.2, 0.25) is 0 Å². The number of nitrogens with zero attached hydrogens (tertiary/aromatic N) is 1. The number of carboxylic acid groups (broad SMARTS) is 1. The van der Waals surface area contributed by atoms with Crippen LogP contribution in [0.5, 0.6) is 0 Å². The van der Waals surface area contributed by atoms with Gasteiger partial charge in [0.05, 0.1) is 11.3 Å². The molecule has 27 heavy (non-hydrogen) atoms. The molecule has 2 aromatic rings. The third-order valence-corrected chi connectivity index (χ3v) is 6.23. The summed E-state index contributed by atoms with van der Waals surface area (Å²) >= 11 is 0. The van der Waals surface area contributed by atoms with Gasteiger partial charge in [0.2, 0.25) is 15.9 Å². The van der Waals surface area contributed by atoms with Crippen LogP contribution in [0.1, 0.15) is 25.7 Å². The van der Waals surface area contributed by atoms with E-state index in [2.05, 4.69) is 4.72 Å². The van der Waals surface area contributed by atoms with Gasteiger partial charge >= 0.3 is 5.97 Å². The second-order valence-electron chi connectivity index (χ2n) is 6.64. The van der Waals surface area contributed by atoms with E-state index in [1.165, 1.54) is 6.07 Å². The van der Waals surface area contributed by atoms with E-state index in [4.69, 9.17) is 5.11 Å². The fourth-order valence-electron chi connectivity index (χ4n) is 3.43. The van der Waals surface area contributed by atoms with E-state index in [0.717, 1.165) is 17.2 Å². The molecule has 1 amide bonds. The Morgan fingerprint density at radius 2 is 1.89 bits per heavy atom. The zero-order valence-electron chi connectivity index (χ0n) is 14.8. The maximum atomic E-state index is 12.5. The summed E-state index contributed by atoms with van der Waals surface area (Å²) in [7, 11) is -3.72. The average molecular weight is 390 g/mol. The Bertz CT molecular complexity index is 957. The van der Waals surface area contributed by atoms with Crippen molar-refractivity contribution in [1.82, 2.24) is 9.62 Å². The number of hydrogen-bond acceptors (Lipinski definition) is 4. The smallest absolute Gasteiger partial charge is 0.305 e. The minimum Gasteiger partial charge on any atom is -0.481 e. The lowest BCUT2D eigenvalue weighted by Crippen LogP contribution is -2.38. The molecule has 1 heterocycles. The van der Waals surface area contributed by atoms with Gasteiger partial charge in [0.15, 0.2) is 0 Å². The summed E-state index contributed by atoms with van der Waals surface area (Å²) in [5, 5.41) is 10.7. The first-order valence-corrected chi connectivity index (χ1v) is 10.3. The summed E-state index contributed by atoms with van der Waals surface area (Å²) in [6, 6.07) is 12.1. The molecule has 2 aromatic carbocycles. The number of rotatable bonds is 7. The largest absolute Gasteiger partial charge is 0.481 e. The van der Waals surface area contributed by atoms with Crippen molar-refractivity contribution in [2.45, 2.75) is 36.6 Å². The Kier molecular flexibility index (Phi) is 5.76. The predicted octanol–water partition coefficient (Wildman–Crippen LogP) is 1.97. The van der Waals surface area contributed by atoms with Crippen molar-refractivity contribution in [2.24, 2.45) is 0 Å². The summed E-state index contributed by atoms with van der Waals surface area (Å²) in [6.07, 6.45) is 1.37. The van der Waals surface area contributed by atoms with E-state index in [1.54, 1.807) is 17.0 Å². The molecular weight excluding hydrogens is 368 g/mol. The van der Waals surface area contributed by atoms with Crippen LogP contribution < -0.4 is 4.72 Å². The molecule has 0 aliphatic carbocycles. The van der Waals surface area contributed by atoms with Crippen LogP contribution in [0.4, 0.5) is 0 Å². The number of aliphatic carboxylic acids is 1. The molecule has 1 unspecified atom stereocenters. The number of hydrogen-bond donors (Lipinski definition) is 2. The normalized spacial score (nSPS) is 17.3. The van der Waals surface area contributed by atoms with Crippen molar-refractivity contribution in [3.05, 3.63) is 42.5 Å². The lowest BCUT2D eigenvalue weighted by atomic mass is 10.1. The van der Waals surface area contributed by atoms with Crippen LogP contribution in [0, 0.1) is 0 Å². The number of likely N-dealkylation sites (tertiary alicyclic amines) is 1. The molecular formula is C19H22N2O5S. The van der Waals surface area contributed by atoms with Crippen LogP contribution in [0.15, 0.2) is 47.4 Å². The van der Waals surface area contributed by atoms with Crippen LogP contribution in [0.25, 0.3) is 10.8 Å². The molecule has 0 spiro atoms. The molecule has 0 saturated carbocycles. The van der Waals surface area contributed by atoms with E-state index in [9.17, 15) is 18.0 Å². The first-order chi connectivity index (χ1) is 12.9. The van der Waals surface area contributed by atoms with Crippen molar-refractivity contribution in [2.75, 3.05) is 13.1 Å². The topological polar surface area (TPSA) is 104 Å². The van der Waals surface area contributed by atoms with Gasteiger partial charge in [-0.25, -0.2) is 13.1 Å². The molecule has 0 radical (unpaired) electrons. The van der Waals surface area contributed by atoms with Gasteiger partial charge in [-0.1, -0.05) is 30.3 Å². The third-order valence-electron chi connectivity index (χ3n) is 4.77. The average Bonchev–Trinajstić information content (AvgIpc) is 3.08. The SMILES string of the molecule is O=C(O)CC1CCCN1C(=O)CCNS(=O)(=O)c1ccc2ccccc2c1. The van der Waals surface area contributed by atoms with E-state index in [0.29, 0.717) is 13.0 Å². The Labute approximate surface area is 158 Å². The minimum absolute atomic E-state index is 0.00291. The van der Waals surface area contributed by atoms with Gasteiger partial charge in [0, 0.05) is 25.6 Å². The van der Waals surface area contributed by atoms with Crippen LogP contribution in [-0.4, -0.2) is 49.4 Å². The van der Waals surface area contributed by atoms with Crippen molar-refractivity contribution in [1.29, 1.82) is 0 Å². The second kappa shape index (κ2) is 8.06. The van der Waals surface area contributed by atoms with Gasteiger partial charge in [0.1, 0.15) is 0 Å². The molecule has 0 bridgehead atoms. The van der Waals surface area contributed by atoms with E-state index in [-0.39, 0.29) is 36.2 Å². The molecule has 144 valence electrons. The minimum atomic E-state index is -3.72. The van der Waals surface area contributed by atoms with Crippen molar-refractivity contribution in [3.8, 4) is 0 Å². The van der Waals surface area contributed by atoms with E-state index < -0.39 is 16.0 Å². The monoisotopic (exact) mass is 390 g/mol. The highest BCUT2D eigenvalue weighted by Crippen LogP contribution is 2.21. The Balaban J connectivity index is 1.60. The number of nitrogens with one attached hydrogen (secondary N) is 1. The molecule has 1 saturated heterocycles. The molecule has 3 rings (SSSR count). The summed E-state index contributed by atoms with van der Waals surface area (Å²) in [4.78, 5) is 24.9. The van der Waals surface area contributed by atoms with Gasteiger partial charge in [-0.05, 0) is 35.7 Å². The van der Waals surface area contributed by atoms with Crippen LogP contribution in [0.3, 0.4) is 0 Å². The summed E-state index contributed by atoms with van der Waals surface area (Å²) in [5.74, 6) is -1.16. The number of amides is 1. The summed E-state index contributed by atoms with van der Waals surface area (Å²) in [6.45, 7) is 0.499. The van der Waals surface area contributed by atoms with Crippen LogP contribution >= 0.6 is 0 Å². The molecule has 2 N–H and O–H groups in total. The summed E-state index contributed by atoms with van der Waals surface area (Å²) in [5.41, 5.74) is 0. The number of fused-ring (bicyclic) bond motifs is 1. The molecule has 7 nitrogen and oxygen atoms in total. The highest BCUT2D eigenvalue weighted by atomic mass is 32.2. The molecule has 1 atom stereocenters. The van der Waals surface area contributed by atoms with Gasteiger partial charge in [-0.15, -0.1) is 0 Å². The standard InChI is InChI=1S/C19H22N2O5S/c22-18(21-11-3-6-16(21)13-19(23)24)9-10-20-27(25,26)17-8-7-14-4-1-2-5-15(14)12-17/h1-2,4-5,7-8,12,16,20H,3,6,9-11,13H2,(H,23,24). The van der Waals surface area contributed by atoms with Crippen molar-refractivity contribution in [3.63, 3.8) is 0 Å². The van der Waals surface area contributed by atoms with Crippen molar-refractivity contribution >= 4 is 32.7 Å². The first kappa shape index (κ1) is 19.3. The Morgan fingerprint density at radius 3 is 2.63 bits per heavy atom. The van der Waals surface area contributed by atoms with E-state index >= 15 is 0 Å². The van der Waals surface area contributed by atoms with Gasteiger partial charge in [-0.2, -0.15) is 0 Å². The second-order valence-corrected chi connectivity index (χ2v) is 8.40. The molecule has 8 heteroatoms. The fourth-order valence-corrected chi connectivity index (χ4v) is 4.50. The lowest BCUT2D eigenvalue weighted by Gasteiger charge is -2.23. The number of carboxylic acids is 1. The molecule has 0 aromatic heterocycles. The van der Waals surface area contributed by atoms with Crippen LogP contribution in [-0.2, 0) is 19.6 Å². The third kappa shape index (κ3) is 4.64. The maximum Gasteiger partial charge on any atom is 0.305 e. The highest BCUT2D eigenvalue weighted by Gasteiger charge is 2.30. The van der Waals surface area contributed by atoms with Gasteiger partial charge in [0.25, 0.3) is 0 Å². The zero-order valence-corrected chi connectivity index (χ0v) is 15.6.